The SMILES string of the molecule is O=C(C1NCC2CCCC21)N1CCn2cnnc2C1. The summed E-state index contributed by atoms with van der Waals surface area (Å²) in [7, 11) is 0. The second-order valence-electron chi connectivity index (χ2n) is 5.94. The molecule has 1 aromatic rings. The molecule has 0 radical (unpaired) electrons. The van der Waals surface area contributed by atoms with Crippen molar-refractivity contribution in [3.8, 4) is 0 Å². The van der Waals surface area contributed by atoms with E-state index in [1.165, 1.54) is 19.3 Å². The molecule has 3 unspecified atom stereocenters. The molecule has 3 heterocycles. The standard InChI is InChI=1S/C13H19N5O/c19-13(12-10-3-1-2-9(10)6-14-12)17-4-5-18-8-15-16-11(18)7-17/h8-10,12,14H,1-7H2. The maximum atomic E-state index is 12.7. The number of amides is 1. The summed E-state index contributed by atoms with van der Waals surface area (Å²) < 4.78 is 2.03. The van der Waals surface area contributed by atoms with E-state index in [2.05, 4.69) is 15.5 Å². The zero-order chi connectivity index (χ0) is 12.8. The summed E-state index contributed by atoms with van der Waals surface area (Å²) in [5, 5.41) is 11.4. The maximum Gasteiger partial charge on any atom is 0.240 e. The van der Waals surface area contributed by atoms with Gasteiger partial charge in [-0.15, -0.1) is 10.2 Å². The van der Waals surface area contributed by atoms with Crippen molar-refractivity contribution in [1.82, 2.24) is 25.0 Å². The molecule has 3 atom stereocenters. The van der Waals surface area contributed by atoms with Gasteiger partial charge in [0.2, 0.25) is 5.91 Å². The number of hydrogen-bond acceptors (Lipinski definition) is 4. The molecule has 0 spiro atoms. The molecule has 1 N–H and O–H groups in total. The number of rotatable bonds is 1. The first-order chi connectivity index (χ1) is 9.33. The zero-order valence-electron chi connectivity index (χ0n) is 11.0. The highest BCUT2D eigenvalue weighted by Crippen LogP contribution is 2.38. The van der Waals surface area contributed by atoms with Crippen LogP contribution in [0.1, 0.15) is 25.1 Å². The van der Waals surface area contributed by atoms with E-state index in [1.807, 2.05) is 9.47 Å². The summed E-state index contributed by atoms with van der Waals surface area (Å²) in [5.74, 6) is 2.46. The van der Waals surface area contributed by atoms with Crippen LogP contribution in [0.5, 0.6) is 0 Å². The van der Waals surface area contributed by atoms with E-state index < -0.39 is 0 Å². The summed E-state index contributed by atoms with van der Waals surface area (Å²) in [6.07, 6.45) is 5.53. The number of nitrogens with one attached hydrogen (secondary N) is 1. The van der Waals surface area contributed by atoms with E-state index >= 15 is 0 Å². The lowest BCUT2D eigenvalue weighted by molar-refractivity contribution is -0.135. The predicted molar refractivity (Wildman–Crippen MR) is 68.1 cm³/mol. The number of hydrogen-bond donors (Lipinski definition) is 1. The molecule has 2 aliphatic heterocycles. The van der Waals surface area contributed by atoms with Crippen molar-refractivity contribution in [3.63, 3.8) is 0 Å². The summed E-state index contributed by atoms with van der Waals surface area (Å²) in [4.78, 5) is 14.6. The molecule has 1 amide bonds. The van der Waals surface area contributed by atoms with Crippen LogP contribution in [0.4, 0.5) is 0 Å². The summed E-state index contributed by atoms with van der Waals surface area (Å²) in [6, 6.07) is 0.0435. The van der Waals surface area contributed by atoms with Crippen molar-refractivity contribution in [2.45, 2.75) is 38.4 Å². The van der Waals surface area contributed by atoms with Gasteiger partial charge in [0.1, 0.15) is 6.33 Å². The van der Waals surface area contributed by atoms with E-state index in [1.54, 1.807) is 6.33 Å². The molecule has 1 saturated heterocycles. The summed E-state index contributed by atoms with van der Waals surface area (Å²) in [6.45, 7) is 3.22. The fourth-order valence-electron chi connectivity index (χ4n) is 3.91. The molecule has 102 valence electrons. The maximum absolute atomic E-state index is 12.7. The molecule has 1 aliphatic carbocycles. The topological polar surface area (TPSA) is 63.1 Å². The first-order valence-electron chi connectivity index (χ1n) is 7.22. The minimum Gasteiger partial charge on any atom is -0.332 e. The Bertz CT molecular complexity index is 499. The quantitative estimate of drug-likeness (QED) is 0.773. The van der Waals surface area contributed by atoms with Crippen molar-refractivity contribution >= 4 is 5.91 Å². The summed E-state index contributed by atoms with van der Waals surface area (Å²) >= 11 is 0. The molecule has 1 saturated carbocycles. The predicted octanol–water partition coefficient (Wildman–Crippen LogP) is 0.00840. The van der Waals surface area contributed by atoms with E-state index in [0.29, 0.717) is 12.5 Å². The molecule has 6 heteroatoms. The fourth-order valence-corrected chi connectivity index (χ4v) is 3.91. The highest BCUT2D eigenvalue weighted by molar-refractivity contribution is 5.82. The number of nitrogens with zero attached hydrogens (tertiary/aromatic N) is 4. The van der Waals surface area contributed by atoms with Gasteiger partial charge in [0.15, 0.2) is 5.82 Å². The molecule has 2 fully saturated rings. The highest BCUT2D eigenvalue weighted by atomic mass is 16.2. The number of aromatic nitrogens is 3. The number of fused-ring (bicyclic) bond motifs is 2. The first-order valence-corrected chi connectivity index (χ1v) is 7.22. The zero-order valence-corrected chi connectivity index (χ0v) is 11.0. The average Bonchev–Trinajstić information content (AvgIpc) is 3.12. The molecule has 0 bridgehead atoms. The molecular weight excluding hydrogens is 242 g/mol. The van der Waals surface area contributed by atoms with Crippen LogP contribution in [0.25, 0.3) is 0 Å². The lowest BCUT2D eigenvalue weighted by Gasteiger charge is -2.31. The highest BCUT2D eigenvalue weighted by Gasteiger charge is 2.44. The van der Waals surface area contributed by atoms with Crippen LogP contribution >= 0.6 is 0 Å². The molecule has 4 rings (SSSR count). The van der Waals surface area contributed by atoms with Crippen molar-refractivity contribution in [3.05, 3.63) is 12.2 Å². The van der Waals surface area contributed by atoms with Gasteiger partial charge in [-0.2, -0.15) is 0 Å². The van der Waals surface area contributed by atoms with E-state index in [-0.39, 0.29) is 11.9 Å². The Morgan fingerprint density at radius 2 is 2.32 bits per heavy atom. The fraction of sp³-hybridized carbons (Fsp3) is 0.769. The van der Waals surface area contributed by atoms with Gasteiger partial charge in [-0.1, -0.05) is 6.42 Å². The second-order valence-corrected chi connectivity index (χ2v) is 5.94. The number of carbonyl (C=O) groups is 1. The first kappa shape index (κ1) is 11.4. The van der Waals surface area contributed by atoms with E-state index in [4.69, 9.17) is 0 Å². The Morgan fingerprint density at radius 1 is 1.37 bits per heavy atom. The van der Waals surface area contributed by atoms with E-state index in [0.717, 1.165) is 31.4 Å². The molecule has 3 aliphatic rings. The van der Waals surface area contributed by atoms with E-state index in [9.17, 15) is 4.79 Å². The lowest BCUT2D eigenvalue weighted by atomic mass is 9.93. The van der Waals surface area contributed by atoms with Crippen LogP contribution in [0.2, 0.25) is 0 Å². The molecule has 1 aromatic heterocycles. The minimum absolute atomic E-state index is 0.0435. The Labute approximate surface area is 112 Å². The van der Waals surface area contributed by atoms with Crippen LogP contribution in [0.15, 0.2) is 6.33 Å². The van der Waals surface area contributed by atoms with Crippen LogP contribution in [-0.4, -0.2) is 44.7 Å². The van der Waals surface area contributed by atoms with Crippen molar-refractivity contribution in [1.29, 1.82) is 0 Å². The average molecular weight is 261 g/mol. The van der Waals surface area contributed by atoms with Crippen molar-refractivity contribution < 1.29 is 4.79 Å². The van der Waals surface area contributed by atoms with Gasteiger partial charge >= 0.3 is 0 Å². The Hall–Kier alpha value is -1.43. The van der Waals surface area contributed by atoms with Gasteiger partial charge in [0, 0.05) is 13.1 Å². The van der Waals surface area contributed by atoms with Gasteiger partial charge in [-0.25, -0.2) is 0 Å². The largest absolute Gasteiger partial charge is 0.332 e. The van der Waals surface area contributed by atoms with Crippen LogP contribution in [-0.2, 0) is 17.9 Å². The third-order valence-electron chi connectivity index (χ3n) is 4.96. The molecular formula is C13H19N5O. The third kappa shape index (κ3) is 1.77. The monoisotopic (exact) mass is 261 g/mol. The van der Waals surface area contributed by atoms with Gasteiger partial charge in [0.05, 0.1) is 12.6 Å². The van der Waals surface area contributed by atoms with Gasteiger partial charge in [-0.05, 0) is 31.2 Å². The van der Waals surface area contributed by atoms with Gasteiger partial charge in [-0.3, -0.25) is 4.79 Å². The van der Waals surface area contributed by atoms with Gasteiger partial charge < -0.3 is 14.8 Å². The third-order valence-corrected chi connectivity index (χ3v) is 4.96. The minimum atomic E-state index is 0.0435. The van der Waals surface area contributed by atoms with Crippen LogP contribution in [0, 0.1) is 11.8 Å². The molecule has 0 aromatic carbocycles. The Morgan fingerprint density at radius 3 is 3.26 bits per heavy atom. The Kier molecular flexibility index (Phi) is 2.58. The van der Waals surface area contributed by atoms with Crippen LogP contribution in [0.3, 0.4) is 0 Å². The smallest absolute Gasteiger partial charge is 0.240 e. The van der Waals surface area contributed by atoms with Crippen LogP contribution < -0.4 is 5.32 Å². The summed E-state index contributed by atoms with van der Waals surface area (Å²) in [5.41, 5.74) is 0. The normalized spacial score (nSPS) is 33.3. The lowest BCUT2D eigenvalue weighted by Crippen LogP contribution is -2.48. The molecule has 6 nitrogen and oxygen atoms in total. The van der Waals surface area contributed by atoms with Gasteiger partial charge in [0.25, 0.3) is 0 Å². The number of carbonyl (C=O) groups excluding carboxylic acids is 1. The molecule has 19 heavy (non-hydrogen) atoms. The second kappa shape index (κ2) is 4.30. The Balaban J connectivity index is 1.49. The van der Waals surface area contributed by atoms with Crippen molar-refractivity contribution in [2.24, 2.45) is 11.8 Å². The van der Waals surface area contributed by atoms with Crippen molar-refractivity contribution in [2.75, 3.05) is 13.1 Å².